The van der Waals surface area contributed by atoms with Gasteiger partial charge in [-0.3, -0.25) is 18.7 Å². The van der Waals surface area contributed by atoms with Gasteiger partial charge in [0.15, 0.2) is 0 Å². The highest BCUT2D eigenvalue weighted by molar-refractivity contribution is 5.96. The average Bonchev–Trinajstić information content (AvgIpc) is 3.06. The van der Waals surface area contributed by atoms with E-state index in [-0.39, 0.29) is 23.4 Å². The molecule has 1 amide bonds. The minimum absolute atomic E-state index is 0.124. The van der Waals surface area contributed by atoms with Crippen molar-refractivity contribution < 1.29 is 9.21 Å². The second-order valence-electron chi connectivity index (χ2n) is 6.79. The lowest BCUT2D eigenvalue weighted by molar-refractivity contribution is -0.115. The summed E-state index contributed by atoms with van der Waals surface area (Å²) in [5.41, 5.74) is 2.33. The summed E-state index contributed by atoms with van der Waals surface area (Å²) in [6.45, 7) is 1.97. The maximum atomic E-state index is 12.5. The van der Waals surface area contributed by atoms with E-state index in [1.807, 2.05) is 25.1 Å². The van der Waals surface area contributed by atoms with Crippen LogP contribution in [0.25, 0.3) is 22.0 Å². The third-order valence-electron chi connectivity index (χ3n) is 4.74. The predicted molar refractivity (Wildman–Crippen MR) is 106 cm³/mol. The Kier molecular flexibility index (Phi) is 4.11. The number of furan rings is 1. The number of nitrogens with one attached hydrogen (secondary N) is 1. The van der Waals surface area contributed by atoms with Crippen LogP contribution in [0, 0.1) is 6.92 Å². The van der Waals surface area contributed by atoms with Crippen LogP contribution < -0.4 is 16.6 Å². The first-order valence-corrected chi connectivity index (χ1v) is 8.67. The Morgan fingerprint density at radius 3 is 2.71 bits per heavy atom. The van der Waals surface area contributed by atoms with Crippen molar-refractivity contribution >= 4 is 33.6 Å². The minimum Gasteiger partial charge on any atom is -0.464 e. The number of carbonyl (C=O) groups excluding carboxylic acids is 1. The predicted octanol–water partition coefficient (Wildman–Crippen LogP) is 1.87. The molecule has 0 saturated carbocycles. The third kappa shape index (κ3) is 2.88. The van der Waals surface area contributed by atoms with Crippen molar-refractivity contribution in [3.05, 3.63) is 68.7 Å². The van der Waals surface area contributed by atoms with E-state index in [9.17, 15) is 14.4 Å². The maximum absolute atomic E-state index is 12.5. The molecule has 0 saturated heterocycles. The molecule has 0 bridgehead atoms. The highest BCUT2D eigenvalue weighted by Gasteiger charge is 2.13. The molecule has 3 heterocycles. The Bertz CT molecular complexity index is 1360. The number of pyridine rings is 1. The van der Waals surface area contributed by atoms with Crippen LogP contribution in [0.3, 0.4) is 0 Å². The van der Waals surface area contributed by atoms with Gasteiger partial charge in [-0.05, 0) is 24.6 Å². The van der Waals surface area contributed by atoms with Gasteiger partial charge < -0.3 is 9.73 Å². The molecular formula is C20H18N4O4. The second-order valence-corrected chi connectivity index (χ2v) is 6.79. The van der Waals surface area contributed by atoms with Crippen LogP contribution in [0.15, 0.2) is 50.7 Å². The minimum atomic E-state index is -0.460. The summed E-state index contributed by atoms with van der Waals surface area (Å²) in [6, 6.07) is 7.34. The summed E-state index contributed by atoms with van der Waals surface area (Å²) in [4.78, 5) is 41.0. The summed E-state index contributed by atoms with van der Waals surface area (Å²) in [5.74, 6) is -0.258. The Labute approximate surface area is 159 Å². The molecule has 0 aliphatic carbocycles. The van der Waals surface area contributed by atoms with E-state index < -0.39 is 11.2 Å². The van der Waals surface area contributed by atoms with Crippen molar-refractivity contribution in [2.24, 2.45) is 14.1 Å². The van der Waals surface area contributed by atoms with Crippen LogP contribution in [0.1, 0.15) is 11.1 Å². The van der Waals surface area contributed by atoms with E-state index in [0.717, 1.165) is 26.7 Å². The number of rotatable bonds is 3. The summed E-state index contributed by atoms with van der Waals surface area (Å²) >= 11 is 0. The Morgan fingerprint density at radius 1 is 1.14 bits per heavy atom. The number of amides is 1. The lowest BCUT2D eigenvalue weighted by atomic mass is 10.1. The van der Waals surface area contributed by atoms with Gasteiger partial charge in [0.25, 0.3) is 5.56 Å². The van der Waals surface area contributed by atoms with Crippen LogP contribution in [0.5, 0.6) is 0 Å². The molecule has 4 aromatic rings. The Morgan fingerprint density at radius 2 is 1.93 bits per heavy atom. The normalized spacial score (nSPS) is 11.2. The lowest BCUT2D eigenvalue weighted by Gasteiger charge is -2.09. The fraction of sp³-hybridized carbons (Fsp3) is 0.200. The first kappa shape index (κ1) is 17.7. The molecule has 8 nitrogen and oxygen atoms in total. The van der Waals surface area contributed by atoms with Gasteiger partial charge in [-0.2, -0.15) is 0 Å². The zero-order chi connectivity index (χ0) is 20.0. The SMILES string of the molecule is Cc1ccc2c(CC(=O)Nc3cnc4c(c3)c(=O)n(C)c(=O)n4C)coc2c1. The number of benzene rings is 1. The van der Waals surface area contributed by atoms with E-state index in [1.165, 1.54) is 23.9 Å². The van der Waals surface area contributed by atoms with Crippen molar-refractivity contribution in [3.63, 3.8) is 0 Å². The molecule has 142 valence electrons. The van der Waals surface area contributed by atoms with Crippen LogP contribution >= 0.6 is 0 Å². The van der Waals surface area contributed by atoms with Crippen molar-refractivity contribution in [3.8, 4) is 0 Å². The number of anilines is 1. The fourth-order valence-corrected chi connectivity index (χ4v) is 3.24. The van der Waals surface area contributed by atoms with Gasteiger partial charge >= 0.3 is 5.69 Å². The average molecular weight is 378 g/mol. The quantitative estimate of drug-likeness (QED) is 0.587. The summed E-state index contributed by atoms with van der Waals surface area (Å²) < 4.78 is 7.83. The molecule has 0 aliphatic heterocycles. The van der Waals surface area contributed by atoms with Gasteiger partial charge in [0, 0.05) is 25.0 Å². The number of fused-ring (bicyclic) bond motifs is 2. The van der Waals surface area contributed by atoms with E-state index in [4.69, 9.17) is 4.42 Å². The van der Waals surface area contributed by atoms with Crippen molar-refractivity contribution in [1.29, 1.82) is 0 Å². The van der Waals surface area contributed by atoms with Crippen molar-refractivity contribution in [2.75, 3.05) is 5.32 Å². The molecule has 1 N–H and O–H groups in total. The van der Waals surface area contributed by atoms with Gasteiger partial charge in [0.05, 0.1) is 30.0 Å². The summed E-state index contributed by atoms with van der Waals surface area (Å²) in [5, 5.41) is 3.90. The smallest absolute Gasteiger partial charge is 0.332 e. The molecular weight excluding hydrogens is 360 g/mol. The lowest BCUT2D eigenvalue weighted by Crippen LogP contribution is -2.37. The topological polar surface area (TPSA) is 99.1 Å². The van der Waals surface area contributed by atoms with Crippen molar-refractivity contribution in [2.45, 2.75) is 13.3 Å². The molecule has 0 aliphatic rings. The van der Waals surface area contributed by atoms with E-state index in [0.29, 0.717) is 5.69 Å². The molecule has 0 unspecified atom stereocenters. The summed E-state index contributed by atoms with van der Waals surface area (Å²) in [6.07, 6.45) is 3.13. The highest BCUT2D eigenvalue weighted by atomic mass is 16.3. The number of hydrogen-bond acceptors (Lipinski definition) is 5. The monoisotopic (exact) mass is 378 g/mol. The fourth-order valence-electron chi connectivity index (χ4n) is 3.24. The molecule has 4 rings (SSSR count). The Balaban J connectivity index is 1.63. The maximum Gasteiger partial charge on any atom is 0.332 e. The van der Waals surface area contributed by atoms with Gasteiger partial charge in [-0.1, -0.05) is 12.1 Å². The highest BCUT2D eigenvalue weighted by Crippen LogP contribution is 2.23. The molecule has 8 heteroatoms. The largest absolute Gasteiger partial charge is 0.464 e. The Hall–Kier alpha value is -3.68. The molecule has 3 aromatic heterocycles. The van der Waals surface area contributed by atoms with Gasteiger partial charge in [0.2, 0.25) is 5.91 Å². The molecule has 0 fully saturated rings. The van der Waals surface area contributed by atoms with Crippen LogP contribution in [-0.4, -0.2) is 20.0 Å². The number of hydrogen-bond donors (Lipinski definition) is 1. The number of nitrogens with zero attached hydrogens (tertiary/aromatic N) is 3. The van der Waals surface area contributed by atoms with E-state index in [1.54, 1.807) is 13.3 Å². The van der Waals surface area contributed by atoms with Crippen molar-refractivity contribution in [1.82, 2.24) is 14.1 Å². The second kappa shape index (κ2) is 6.49. The molecule has 28 heavy (non-hydrogen) atoms. The molecule has 0 atom stereocenters. The van der Waals surface area contributed by atoms with E-state index >= 15 is 0 Å². The van der Waals surface area contributed by atoms with Gasteiger partial charge in [-0.15, -0.1) is 0 Å². The first-order chi connectivity index (χ1) is 13.3. The zero-order valence-corrected chi connectivity index (χ0v) is 15.6. The standard InChI is InChI=1S/C20H18N4O4/c1-11-4-5-14-12(10-28-16(14)6-11)7-17(25)22-13-8-15-18(21-9-13)23(2)20(27)24(3)19(15)26/h4-6,8-10H,7H2,1-3H3,(H,22,25). The summed E-state index contributed by atoms with van der Waals surface area (Å²) in [7, 11) is 2.95. The van der Waals surface area contributed by atoms with Gasteiger partial charge in [-0.25, -0.2) is 9.78 Å². The zero-order valence-electron chi connectivity index (χ0n) is 15.6. The molecule has 0 spiro atoms. The van der Waals surface area contributed by atoms with Crippen LogP contribution in [-0.2, 0) is 25.3 Å². The molecule has 0 radical (unpaired) electrons. The van der Waals surface area contributed by atoms with E-state index in [2.05, 4.69) is 10.3 Å². The number of aromatic nitrogens is 3. The van der Waals surface area contributed by atoms with Gasteiger partial charge in [0.1, 0.15) is 11.2 Å². The van der Waals surface area contributed by atoms with Crippen LogP contribution in [0.2, 0.25) is 0 Å². The first-order valence-electron chi connectivity index (χ1n) is 8.67. The van der Waals surface area contributed by atoms with Crippen LogP contribution in [0.4, 0.5) is 5.69 Å². The molecule has 1 aromatic carbocycles. The third-order valence-corrected chi connectivity index (χ3v) is 4.74. The number of carbonyl (C=O) groups is 1. The number of aryl methyl sites for hydroxylation is 2.